The summed E-state index contributed by atoms with van der Waals surface area (Å²) in [4.78, 5) is 13.3. The highest BCUT2D eigenvalue weighted by atomic mass is 19.1. The molecule has 2 rings (SSSR count). The number of hydrogen-bond donors (Lipinski definition) is 0. The second-order valence-electron chi connectivity index (χ2n) is 4.02. The van der Waals surface area contributed by atoms with Crippen LogP contribution in [-0.4, -0.2) is 43.8 Å². The van der Waals surface area contributed by atoms with E-state index in [9.17, 15) is 9.18 Å². The summed E-state index contributed by atoms with van der Waals surface area (Å²) < 4.78 is 18.6. The van der Waals surface area contributed by atoms with Gasteiger partial charge in [0.1, 0.15) is 11.6 Å². The van der Waals surface area contributed by atoms with Gasteiger partial charge >= 0.3 is 5.97 Å². The smallest absolute Gasteiger partial charge is 0.315 e. The second kappa shape index (κ2) is 2.94. The Morgan fingerprint density at radius 1 is 1.62 bits per heavy atom. The van der Waals surface area contributed by atoms with E-state index >= 15 is 0 Å². The van der Waals surface area contributed by atoms with Crippen LogP contribution < -0.4 is 0 Å². The summed E-state index contributed by atoms with van der Waals surface area (Å²) in [6.07, 6.45) is 0.103. The first-order valence-electron chi connectivity index (χ1n) is 4.65. The van der Waals surface area contributed by atoms with E-state index < -0.39 is 11.6 Å². The summed E-state index contributed by atoms with van der Waals surface area (Å²) in [5, 5.41) is 0. The SMILES string of the molecule is CN1CC[C@@]2(CCOC2=O)[C@@H](F)C1. The van der Waals surface area contributed by atoms with Gasteiger partial charge in [-0.25, -0.2) is 4.39 Å². The Morgan fingerprint density at radius 3 is 2.92 bits per heavy atom. The van der Waals surface area contributed by atoms with Crippen LogP contribution in [0.2, 0.25) is 0 Å². The average molecular weight is 187 g/mol. The summed E-state index contributed by atoms with van der Waals surface area (Å²) in [5.74, 6) is -0.326. The van der Waals surface area contributed by atoms with Crippen LogP contribution in [0, 0.1) is 5.41 Å². The largest absolute Gasteiger partial charge is 0.465 e. The molecule has 4 heteroatoms. The van der Waals surface area contributed by atoms with Crippen molar-refractivity contribution in [2.75, 3.05) is 26.7 Å². The lowest BCUT2D eigenvalue weighted by Gasteiger charge is -2.37. The number of esters is 1. The van der Waals surface area contributed by atoms with Crippen molar-refractivity contribution in [3.05, 3.63) is 0 Å². The molecule has 0 aromatic rings. The highest BCUT2D eigenvalue weighted by molar-refractivity contribution is 5.79. The summed E-state index contributed by atoms with van der Waals surface area (Å²) in [6, 6.07) is 0. The molecule has 2 fully saturated rings. The molecule has 0 saturated carbocycles. The number of nitrogens with zero attached hydrogens (tertiary/aromatic N) is 1. The van der Waals surface area contributed by atoms with Crippen molar-refractivity contribution in [1.82, 2.24) is 4.90 Å². The molecular formula is C9H14FNO2. The minimum absolute atomic E-state index is 0.326. The molecule has 2 atom stereocenters. The number of hydrogen-bond acceptors (Lipinski definition) is 3. The summed E-state index contributed by atoms with van der Waals surface area (Å²) in [7, 11) is 1.87. The Kier molecular flexibility index (Phi) is 2.02. The number of carbonyl (C=O) groups excluding carboxylic acids is 1. The fourth-order valence-electron chi connectivity index (χ4n) is 2.17. The van der Waals surface area contributed by atoms with Gasteiger partial charge in [-0.05, 0) is 20.0 Å². The van der Waals surface area contributed by atoms with E-state index in [4.69, 9.17) is 4.74 Å². The lowest BCUT2D eigenvalue weighted by Crippen LogP contribution is -2.49. The van der Waals surface area contributed by atoms with Crippen molar-refractivity contribution in [3.8, 4) is 0 Å². The molecule has 0 unspecified atom stereocenters. The molecule has 0 aromatic heterocycles. The molecule has 0 radical (unpaired) electrons. The molecule has 2 heterocycles. The minimum Gasteiger partial charge on any atom is -0.465 e. The van der Waals surface area contributed by atoms with Crippen LogP contribution in [0.5, 0.6) is 0 Å². The van der Waals surface area contributed by atoms with Gasteiger partial charge in [0.2, 0.25) is 0 Å². The first-order chi connectivity index (χ1) is 6.15. The number of halogens is 1. The Balaban J connectivity index is 2.17. The number of cyclic esters (lactones) is 1. The minimum atomic E-state index is -1.05. The zero-order chi connectivity index (χ0) is 9.47. The number of carbonyl (C=O) groups is 1. The molecule has 0 N–H and O–H groups in total. The second-order valence-corrected chi connectivity index (χ2v) is 4.02. The molecule has 2 aliphatic rings. The third-order valence-electron chi connectivity index (χ3n) is 3.20. The standard InChI is InChI=1S/C9H14FNO2/c1-11-4-2-9(7(10)6-11)3-5-13-8(9)12/h7H,2-6H2,1H3/t7-,9+/m0/s1. The lowest BCUT2D eigenvalue weighted by molar-refractivity contribution is -0.152. The first kappa shape index (κ1) is 8.94. The third-order valence-corrected chi connectivity index (χ3v) is 3.20. The Labute approximate surface area is 76.8 Å². The van der Waals surface area contributed by atoms with Crippen LogP contribution in [0.3, 0.4) is 0 Å². The molecule has 0 aliphatic carbocycles. The highest BCUT2D eigenvalue weighted by Gasteiger charge is 2.53. The Morgan fingerprint density at radius 2 is 2.38 bits per heavy atom. The van der Waals surface area contributed by atoms with E-state index in [0.29, 0.717) is 26.0 Å². The zero-order valence-corrected chi connectivity index (χ0v) is 7.75. The number of likely N-dealkylation sites (tertiary alicyclic amines) is 1. The maximum atomic E-state index is 13.7. The molecule has 2 aliphatic heterocycles. The van der Waals surface area contributed by atoms with Crippen molar-refractivity contribution in [2.24, 2.45) is 5.41 Å². The van der Waals surface area contributed by atoms with Crippen molar-refractivity contribution < 1.29 is 13.9 Å². The van der Waals surface area contributed by atoms with Crippen molar-refractivity contribution >= 4 is 5.97 Å². The molecular weight excluding hydrogens is 173 g/mol. The van der Waals surface area contributed by atoms with Crippen LogP contribution in [0.4, 0.5) is 4.39 Å². The van der Waals surface area contributed by atoms with E-state index in [0.717, 1.165) is 6.54 Å². The Hall–Kier alpha value is -0.640. The van der Waals surface area contributed by atoms with Crippen LogP contribution in [0.25, 0.3) is 0 Å². The maximum absolute atomic E-state index is 13.7. The van der Waals surface area contributed by atoms with Gasteiger partial charge in [-0.1, -0.05) is 0 Å². The van der Waals surface area contributed by atoms with Crippen molar-refractivity contribution in [1.29, 1.82) is 0 Å². The number of alkyl halides is 1. The van der Waals surface area contributed by atoms with E-state index in [1.54, 1.807) is 0 Å². The van der Waals surface area contributed by atoms with Gasteiger partial charge in [0.15, 0.2) is 0 Å². The van der Waals surface area contributed by atoms with Crippen LogP contribution >= 0.6 is 0 Å². The third kappa shape index (κ3) is 1.24. The van der Waals surface area contributed by atoms with Gasteiger partial charge in [-0.2, -0.15) is 0 Å². The molecule has 3 nitrogen and oxygen atoms in total. The number of piperidine rings is 1. The highest BCUT2D eigenvalue weighted by Crippen LogP contribution is 2.41. The van der Waals surface area contributed by atoms with Crippen LogP contribution in [0.1, 0.15) is 12.8 Å². The maximum Gasteiger partial charge on any atom is 0.315 e. The van der Waals surface area contributed by atoms with Crippen LogP contribution in [0.15, 0.2) is 0 Å². The van der Waals surface area contributed by atoms with E-state index in [2.05, 4.69) is 0 Å². The van der Waals surface area contributed by atoms with Gasteiger partial charge < -0.3 is 9.64 Å². The molecule has 74 valence electrons. The molecule has 0 amide bonds. The fraction of sp³-hybridized carbons (Fsp3) is 0.889. The van der Waals surface area contributed by atoms with Crippen molar-refractivity contribution in [2.45, 2.75) is 19.0 Å². The molecule has 2 saturated heterocycles. The predicted molar refractivity (Wildman–Crippen MR) is 45.0 cm³/mol. The topological polar surface area (TPSA) is 29.5 Å². The van der Waals surface area contributed by atoms with Gasteiger partial charge in [-0.3, -0.25) is 4.79 Å². The van der Waals surface area contributed by atoms with Crippen LogP contribution in [-0.2, 0) is 9.53 Å². The molecule has 1 spiro atoms. The van der Waals surface area contributed by atoms with Gasteiger partial charge in [-0.15, -0.1) is 0 Å². The van der Waals surface area contributed by atoms with E-state index in [1.165, 1.54) is 0 Å². The summed E-state index contributed by atoms with van der Waals surface area (Å²) in [5.41, 5.74) is -0.799. The predicted octanol–water partition coefficient (Wildman–Crippen LogP) is 0.593. The molecule has 13 heavy (non-hydrogen) atoms. The average Bonchev–Trinajstić information content (AvgIpc) is 2.43. The summed E-state index contributed by atoms with van der Waals surface area (Å²) in [6.45, 7) is 1.54. The molecule has 0 aromatic carbocycles. The van der Waals surface area contributed by atoms with E-state index in [-0.39, 0.29) is 5.97 Å². The monoisotopic (exact) mass is 187 g/mol. The van der Waals surface area contributed by atoms with Gasteiger partial charge in [0, 0.05) is 13.0 Å². The van der Waals surface area contributed by atoms with Gasteiger partial charge in [0.25, 0.3) is 0 Å². The number of ether oxygens (including phenoxy) is 1. The number of rotatable bonds is 0. The van der Waals surface area contributed by atoms with Gasteiger partial charge in [0.05, 0.1) is 6.61 Å². The zero-order valence-electron chi connectivity index (χ0n) is 7.75. The summed E-state index contributed by atoms with van der Waals surface area (Å²) >= 11 is 0. The Bertz CT molecular complexity index is 234. The molecule has 0 bridgehead atoms. The normalized spacial score (nSPS) is 41.1. The van der Waals surface area contributed by atoms with Crippen molar-refractivity contribution in [3.63, 3.8) is 0 Å². The lowest BCUT2D eigenvalue weighted by atomic mass is 9.76. The quantitative estimate of drug-likeness (QED) is 0.520. The first-order valence-corrected chi connectivity index (χ1v) is 4.65. The fourth-order valence-corrected chi connectivity index (χ4v) is 2.17. The van der Waals surface area contributed by atoms with E-state index in [1.807, 2.05) is 11.9 Å².